The Kier molecular flexibility index (Phi) is 5.61. The summed E-state index contributed by atoms with van der Waals surface area (Å²) in [5, 5.41) is 0.518. The number of hydrogen-bond donors (Lipinski definition) is 1. The van der Waals surface area contributed by atoms with Crippen molar-refractivity contribution in [2.45, 2.75) is 13.0 Å². The van der Waals surface area contributed by atoms with E-state index in [-0.39, 0.29) is 10.9 Å². The summed E-state index contributed by atoms with van der Waals surface area (Å²) < 4.78 is 14.1. The fourth-order valence-electron chi connectivity index (χ4n) is 4.25. The predicted molar refractivity (Wildman–Crippen MR) is 137 cm³/mol. The maximum absolute atomic E-state index is 13.4. The van der Waals surface area contributed by atoms with Crippen LogP contribution in [-0.4, -0.2) is 38.3 Å². The van der Waals surface area contributed by atoms with Gasteiger partial charge in [0.1, 0.15) is 0 Å². The van der Waals surface area contributed by atoms with Crippen LogP contribution in [0.5, 0.6) is 11.5 Å². The molecule has 1 amide bonds. The number of benzene rings is 1. The summed E-state index contributed by atoms with van der Waals surface area (Å²) in [7, 11) is 0. The molecular weight excluding hydrogens is 474 g/mol. The number of hydrogen-bond acceptors (Lipinski definition) is 7. The molecule has 0 saturated carbocycles. The molecule has 6 rings (SSSR count). The van der Waals surface area contributed by atoms with Gasteiger partial charge in [-0.2, -0.15) is 0 Å². The summed E-state index contributed by atoms with van der Waals surface area (Å²) in [6.45, 7) is 1.49. The van der Waals surface area contributed by atoms with Gasteiger partial charge in [-0.1, -0.05) is 6.07 Å². The van der Waals surface area contributed by atoms with Gasteiger partial charge in [0, 0.05) is 31.2 Å². The first-order chi connectivity index (χ1) is 18.1. The van der Waals surface area contributed by atoms with Gasteiger partial charge in [-0.25, -0.2) is 9.66 Å². The molecule has 0 atom stereocenters. The van der Waals surface area contributed by atoms with E-state index in [9.17, 15) is 14.4 Å². The topological polar surface area (TPSA) is 117 Å². The number of aromatic nitrogens is 4. The van der Waals surface area contributed by atoms with E-state index in [0.717, 1.165) is 16.7 Å². The van der Waals surface area contributed by atoms with Crippen LogP contribution in [-0.2, 0) is 6.54 Å². The number of amides is 1. The van der Waals surface area contributed by atoms with E-state index in [1.165, 1.54) is 18.5 Å². The maximum Gasteiger partial charge on any atom is 0.278 e. The molecule has 5 heterocycles. The number of pyridine rings is 4. The third kappa shape index (κ3) is 4.29. The van der Waals surface area contributed by atoms with Gasteiger partial charge in [0.2, 0.25) is 0 Å². The van der Waals surface area contributed by atoms with Crippen LogP contribution >= 0.6 is 0 Å². The SMILES string of the molecule is O=C(Nn1ccc2nc3ccn(Cc4ccc5c(c4)OCCCO5)c(=O)c3cc2c1=O)c1cccnc1. The van der Waals surface area contributed by atoms with Crippen LogP contribution in [0.4, 0.5) is 0 Å². The Bertz CT molecular complexity index is 1780. The number of nitrogens with one attached hydrogen (secondary N) is 1. The predicted octanol–water partition coefficient (Wildman–Crippen LogP) is 2.70. The minimum atomic E-state index is -0.498. The number of fused-ring (bicyclic) bond motifs is 3. The molecule has 4 aromatic heterocycles. The van der Waals surface area contributed by atoms with Gasteiger partial charge in [0.05, 0.1) is 47.1 Å². The molecule has 0 aliphatic carbocycles. The van der Waals surface area contributed by atoms with Crippen LogP contribution in [0.25, 0.3) is 21.8 Å². The standard InChI is InChI=1S/C27H21N5O5/c33-25(18-3-1-8-28-15-18)30-32-10-7-22-20(27(32)35)14-19-21(29-22)6-9-31(26(19)34)16-17-4-5-23-24(13-17)37-12-2-11-36-23/h1,3-10,13-15H,2,11-12,16H2,(H,30,33). The molecular formula is C27H21N5O5. The molecule has 0 bridgehead atoms. The summed E-state index contributed by atoms with van der Waals surface area (Å²) in [5.74, 6) is 0.862. The Labute approximate surface area is 209 Å². The van der Waals surface area contributed by atoms with Gasteiger partial charge >= 0.3 is 0 Å². The highest BCUT2D eigenvalue weighted by Gasteiger charge is 2.14. The normalized spacial score (nSPS) is 12.9. The number of nitrogens with zero attached hydrogens (tertiary/aromatic N) is 4. The van der Waals surface area contributed by atoms with E-state index in [4.69, 9.17) is 9.47 Å². The second kappa shape index (κ2) is 9.23. The molecule has 0 radical (unpaired) electrons. The molecule has 184 valence electrons. The van der Waals surface area contributed by atoms with Crippen LogP contribution in [0.2, 0.25) is 0 Å². The monoisotopic (exact) mass is 495 g/mol. The smallest absolute Gasteiger partial charge is 0.278 e. The van der Waals surface area contributed by atoms with E-state index in [2.05, 4.69) is 15.4 Å². The number of carbonyl (C=O) groups excluding carboxylic acids is 1. The van der Waals surface area contributed by atoms with Crippen molar-refractivity contribution < 1.29 is 14.3 Å². The lowest BCUT2D eigenvalue weighted by atomic mass is 10.1. The zero-order chi connectivity index (χ0) is 25.4. The highest BCUT2D eigenvalue weighted by atomic mass is 16.5. The van der Waals surface area contributed by atoms with Gasteiger partial charge in [-0.3, -0.25) is 24.8 Å². The van der Waals surface area contributed by atoms with Crippen molar-refractivity contribution in [3.05, 3.63) is 105 Å². The van der Waals surface area contributed by atoms with E-state index in [1.807, 2.05) is 18.2 Å². The van der Waals surface area contributed by atoms with Crippen molar-refractivity contribution in [3.63, 3.8) is 0 Å². The third-order valence-corrected chi connectivity index (χ3v) is 6.13. The molecule has 10 heteroatoms. The third-order valence-electron chi connectivity index (χ3n) is 6.13. The first-order valence-corrected chi connectivity index (χ1v) is 11.7. The summed E-state index contributed by atoms with van der Waals surface area (Å²) in [6, 6.07) is 13.7. The lowest BCUT2D eigenvalue weighted by Gasteiger charge is -2.12. The average Bonchev–Trinajstić information content (AvgIpc) is 3.17. The fourth-order valence-corrected chi connectivity index (χ4v) is 4.25. The quantitative estimate of drug-likeness (QED) is 0.381. The number of carbonyl (C=O) groups is 1. The molecule has 0 spiro atoms. The first-order valence-electron chi connectivity index (χ1n) is 11.7. The number of rotatable bonds is 4. The highest BCUT2D eigenvalue weighted by molar-refractivity contribution is 6.00. The van der Waals surface area contributed by atoms with Crippen molar-refractivity contribution in [2.24, 2.45) is 0 Å². The lowest BCUT2D eigenvalue weighted by molar-refractivity contribution is 0.101. The number of ether oxygens (including phenoxy) is 2. The van der Waals surface area contributed by atoms with Crippen molar-refractivity contribution in [2.75, 3.05) is 18.6 Å². The first kappa shape index (κ1) is 22.5. The van der Waals surface area contributed by atoms with E-state index >= 15 is 0 Å². The summed E-state index contributed by atoms with van der Waals surface area (Å²) >= 11 is 0. The molecule has 0 fully saturated rings. The molecule has 1 aliphatic heterocycles. The molecule has 1 aliphatic rings. The van der Waals surface area contributed by atoms with E-state index in [0.29, 0.717) is 53.2 Å². The van der Waals surface area contributed by atoms with Crippen molar-refractivity contribution in [1.29, 1.82) is 0 Å². The highest BCUT2D eigenvalue weighted by Crippen LogP contribution is 2.30. The molecule has 1 aromatic carbocycles. The van der Waals surface area contributed by atoms with Gasteiger partial charge in [-0.05, 0) is 48.0 Å². The van der Waals surface area contributed by atoms with Gasteiger partial charge < -0.3 is 14.0 Å². The molecule has 0 unspecified atom stereocenters. The van der Waals surface area contributed by atoms with E-state index < -0.39 is 11.5 Å². The minimum Gasteiger partial charge on any atom is -0.490 e. The van der Waals surface area contributed by atoms with Crippen molar-refractivity contribution >= 4 is 27.7 Å². The Morgan fingerprint density at radius 2 is 1.70 bits per heavy atom. The minimum absolute atomic E-state index is 0.215. The average molecular weight is 495 g/mol. The molecule has 1 N–H and O–H groups in total. The molecule has 37 heavy (non-hydrogen) atoms. The van der Waals surface area contributed by atoms with Gasteiger partial charge in [-0.15, -0.1) is 0 Å². The Morgan fingerprint density at radius 3 is 2.51 bits per heavy atom. The maximum atomic E-state index is 13.4. The van der Waals surface area contributed by atoms with Crippen LogP contribution in [0.1, 0.15) is 22.3 Å². The summed E-state index contributed by atoms with van der Waals surface area (Å²) in [5.41, 5.74) is 3.85. The van der Waals surface area contributed by atoms with Crippen LogP contribution in [0.3, 0.4) is 0 Å². The van der Waals surface area contributed by atoms with Crippen molar-refractivity contribution in [3.8, 4) is 11.5 Å². The zero-order valence-electron chi connectivity index (χ0n) is 19.6. The lowest BCUT2D eigenvalue weighted by Crippen LogP contribution is -2.33. The van der Waals surface area contributed by atoms with Crippen LogP contribution in [0, 0.1) is 0 Å². The molecule has 0 saturated heterocycles. The second-order valence-electron chi connectivity index (χ2n) is 8.61. The van der Waals surface area contributed by atoms with Crippen LogP contribution < -0.4 is 26.0 Å². The van der Waals surface area contributed by atoms with Crippen LogP contribution in [0.15, 0.2) is 82.9 Å². The zero-order valence-corrected chi connectivity index (χ0v) is 19.6. The van der Waals surface area contributed by atoms with Gasteiger partial charge in [0.25, 0.3) is 17.0 Å². The summed E-state index contributed by atoms with van der Waals surface area (Å²) in [6.07, 6.45) is 6.88. The summed E-state index contributed by atoms with van der Waals surface area (Å²) in [4.78, 5) is 47.4. The van der Waals surface area contributed by atoms with Gasteiger partial charge in [0.15, 0.2) is 11.5 Å². The van der Waals surface area contributed by atoms with E-state index in [1.54, 1.807) is 41.2 Å². The van der Waals surface area contributed by atoms with Crippen molar-refractivity contribution in [1.82, 2.24) is 19.2 Å². The molecule has 10 nitrogen and oxygen atoms in total. The Morgan fingerprint density at radius 1 is 0.919 bits per heavy atom. The Balaban J connectivity index is 1.36. The Hall–Kier alpha value is -4.99. The second-order valence-corrected chi connectivity index (χ2v) is 8.61. The molecule has 5 aromatic rings. The largest absolute Gasteiger partial charge is 0.490 e. The fraction of sp³-hybridized carbons (Fsp3) is 0.148.